The summed E-state index contributed by atoms with van der Waals surface area (Å²) < 4.78 is 0. The number of hydroxylamine groups is 1. The molecule has 0 aliphatic rings. The van der Waals surface area contributed by atoms with E-state index < -0.39 is 0 Å². The van der Waals surface area contributed by atoms with Crippen LogP contribution in [0, 0.1) is 0 Å². The molecule has 0 aromatic heterocycles. The normalized spacial score (nSPS) is 12.9. The van der Waals surface area contributed by atoms with Gasteiger partial charge in [0, 0.05) is 11.5 Å². The zero-order valence-corrected chi connectivity index (χ0v) is 10.8. The Balaban J connectivity index is 2.73. The van der Waals surface area contributed by atoms with Crippen LogP contribution < -0.4 is 10.8 Å². The summed E-state index contributed by atoms with van der Waals surface area (Å²) >= 11 is 0. The molecule has 0 heterocycles. The molecule has 94 valence electrons. The number of nitrogens with one attached hydrogen (secondary N) is 2. The summed E-state index contributed by atoms with van der Waals surface area (Å²) in [4.78, 5) is 15.9. The lowest BCUT2D eigenvalue weighted by Gasteiger charge is -2.32. The largest absolute Gasteiger partial charge is 0.338 e. The topological polar surface area (TPSA) is 50.4 Å². The Hall–Kier alpha value is -1.55. The Labute approximate surface area is 102 Å². The van der Waals surface area contributed by atoms with Gasteiger partial charge in [-0.15, -0.1) is 0 Å². The van der Waals surface area contributed by atoms with Gasteiger partial charge < -0.3 is 5.32 Å². The molecule has 1 rings (SSSR count). The van der Waals surface area contributed by atoms with E-state index in [1.54, 1.807) is 0 Å². The summed E-state index contributed by atoms with van der Waals surface area (Å²) in [7, 11) is 1.41. The maximum Gasteiger partial charge on any atom is 0.338 e. The molecule has 1 atom stereocenters. The van der Waals surface area contributed by atoms with E-state index in [2.05, 4.69) is 41.6 Å². The number of benzene rings is 1. The zero-order valence-electron chi connectivity index (χ0n) is 10.8. The van der Waals surface area contributed by atoms with E-state index in [9.17, 15) is 4.79 Å². The molecule has 0 aliphatic carbocycles. The van der Waals surface area contributed by atoms with Crippen molar-refractivity contribution in [3.05, 3.63) is 35.9 Å². The van der Waals surface area contributed by atoms with Crippen molar-refractivity contribution in [2.75, 3.05) is 7.11 Å². The second kappa shape index (κ2) is 5.68. The Morgan fingerprint density at radius 1 is 1.29 bits per heavy atom. The average Bonchev–Trinajstić information content (AvgIpc) is 2.30. The van der Waals surface area contributed by atoms with Crippen LogP contribution in [0.2, 0.25) is 0 Å². The Morgan fingerprint density at radius 2 is 1.88 bits per heavy atom. The van der Waals surface area contributed by atoms with Gasteiger partial charge in [0.15, 0.2) is 0 Å². The van der Waals surface area contributed by atoms with Crippen molar-refractivity contribution < 1.29 is 9.63 Å². The summed E-state index contributed by atoms with van der Waals surface area (Å²) in [5.74, 6) is 0. The fraction of sp³-hybridized carbons (Fsp3) is 0.462. The molecular formula is C13H20N2O2. The molecule has 17 heavy (non-hydrogen) atoms. The Bertz CT molecular complexity index is 363. The van der Waals surface area contributed by atoms with Gasteiger partial charge in [0.1, 0.15) is 0 Å². The van der Waals surface area contributed by atoms with Gasteiger partial charge in [-0.1, -0.05) is 44.2 Å². The van der Waals surface area contributed by atoms with Crippen LogP contribution in [0.3, 0.4) is 0 Å². The van der Waals surface area contributed by atoms with Crippen LogP contribution in [0.4, 0.5) is 4.79 Å². The van der Waals surface area contributed by atoms with Crippen LogP contribution >= 0.6 is 0 Å². The molecule has 1 aromatic rings. The van der Waals surface area contributed by atoms with Crippen LogP contribution in [0.25, 0.3) is 0 Å². The van der Waals surface area contributed by atoms with E-state index in [1.165, 1.54) is 12.7 Å². The summed E-state index contributed by atoms with van der Waals surface area (Å²) in [5, 5.41) is 2.84. The lowest BCUT2D eigenvalue weighted by molar-refractivity contribution is 0.104. The van der Waals surface area contributed by atoms with Gasteiger partial charge in [-0.3, -0.25) is 4.84 Å². The van der Waals surface area contributed by atoms with Crippen LogP contribution in [-0.4, -0.2) is 19.2 Å². The van der Waals surface area contributed by atoms with Crippen molar-refractivity contribution in [3.8, 4) is 0 Å². The molecule has 0 fully saturated rings. The highest BCUT2D eigenvalue weighted by Gasteiger charge is 2.28. The van der Waals surface area contributed by atoms with Crippen LogP contribution in [0.1, 0.15) is 26.3 Å². The molecule has 0 bridgehead atoms. The van der Waals surface area contributed by atoms with Crippen LogP contribution in [0.15, 0.2) is 30.3 Å². The molecule has 0 saturated carbocycles. The SMILES string of the molecule is CONC(=O)NC(C)C(C)(C)c1ccccc1. The molecule has 0 radical (unpaired) electrons. The lowest BCUT2D eigenvalue weighted by Crippen LogP contribution is -2.48. The fourth-order valence-electron chi connectivity index (χ4n) is 1.62. The molecule has 4 heteroatoms. The summed E-state index contributed by atoms with van der Waals surface area (Å²) in [5.41, 5.74) is 3.29. The zero-order chi connectivity index (χ0) is 12.9. The number of hydrogen-bond donors (Lipinski definition) is 2. The molecule has 2 N–H and O–H groups in total. The van der Waals surface area contributed by atoms with Gasteiger partial charge in [-0.25, -0.2) is 10.3 Å². The minimum Gasteiger partial charge on any atom is -0.333 e. The molecule has 1 unspecified atom stereocenters. The molecular weight excluding hydrogens is 216 g/mol. The first-order chi connectivity index (χ1) is 7.98. The van der Waals surface area contributed by atoms with Crippen molar-refractivity contribution in [1.82, 2.24) is 10.8 Å². The number of hydrogen-bond acceptors (Lipinski definition) is 2. The first-order valence-corrected chi connectivity index (χ1v) is 5.63. The van der Waals surface area contributed by atoms with Crippen molar-refractivity contribution in [3.63, 3.8) is 0 Å². The minimum absolute atomic E-state index is 0.0138. The van der Waals surface area contributed by atoms with Crippen molar-refractivity contribution in [2.24, 2.45) is 0 Å². The van der Waals surface area contributed by atoms with Crippen molar-refractivity contribution in [2.45, 2.75) is 32.2 Å². The smallest absolute Gasteiger partial charge is 0.333 e. The van der Waals surface area contributed by atoms with Gasteiger partial charge >= 0.3 is 6.03 Å². The second-order valence-corrected chi connectivity index (χ2v) is 4.59. The van der Waals surface area contributed by atoms with E-state index in [-0.39, 0.29) is 17.5 Å². The molecule has 0 spiro atoms. The summed E-state index contributed by atoms with van der Waals surface area (Å²) in [6.07, 6.45) is 0. The highest BCUT2D eigenvalue weighted by atomic mass is 16.6. The third-order valence-corrected chi connectivity index (χ3v) is 3.14. The molecule has 0 saturated heterocycles. The van der Waals surface area contributed by atoms with Crippen LogP contribution in [-0.2, 0) is 10.3 Å². The summed E-state index contributed by atoms with van der Waals surface area (Å²) in [6, 6.07) is 9.76. The van der Waals surface area contributed by atoms with Gasteiger partial charge in [-0.2, -0.15) is 0 Å². The number of carbonyl (C=O) groups is 1. The Morgan fingerprint density at radius 3 is 2.41 bits per heavy atom. The van der Waals surface area contributed by atoms with Gasteiger partial charge in [0.25, 0.3) is 0 Å². The van der Waals surface area contributed by atoms with Crippen molar-refractivity contribution in [1.29, 1.82) is 0 Å². The molecule has 2 amide bonds. The summed E-state index contributed by atoms with van der Waals surface area (Å²) in [6.45, 7) is 6.17. The molecule has 1 aromatic carbocycles. The standard InChI is InChI=1S/C13H20N2O2/c1-10(14-12(16)15-17-4)13(2,3)11-8-6-5-7-9-11/h5-10H,1-4H3,(H2,14,15,16). The third-order valence-electron chi connectivity index (χ3n) is 3.14. The van der Waals surface area contributed by atoms with Gasteiger partial charge in [-0.05, 0) is 12.5 Å². The van der Waals surface area contributed by atoms with Gasteiger partial charge in [0.2, 0.25) is 0 Å². The first-order valence-electron chi connectivity index (χ1n) is 5.63. The predicted molar refractivity (Wildman–Crippen MR) is 67.6 cm³/mol. The van der Waals surface area contributed by atoms with E-state index in [4.69, 9.17) is 0 Å². The number of amides is 2. The number of urea groups is 1. The number of rotatable bonds is 4. The molecule has 4 nitrogen and oxygen atoms in total. The predicted octanol–water partition coefficient (Wildman–Crippen LogP) is 2.21. The van der Waals surface area contributed by atoms with Crippen LogP contribution in [0.5, 0.6) is 0 Å². The monoisotopic (exact) mass is 236 g/mol. The van der Waals surface area contributed by atoms with E-state index in [1.807, 2.05) is 25.1 Å². The fourth-order valence-corrected chi connectivity index (χ4v) is 1.62. The number of carbonyl (C=O) groups excluding carboxylic acids is 1. The molecule has 0 aliphatic heterocycles. The Kier molecular flexibility index (Phi) is 4.52. The van der Waals surface area contributed by atoms with Gasteiger partial charge in [0.05, 0.1) is 7.11 Å². The highest BCUT2D eigenvalue weighted by Crippen LogP contribution is 2.26. The van der Waals surface area contributed by atoms with Crippen molar-refractivity contribution >= 4 is 6.03 Å². The average molecular weight is 236 g/mol. The third kappa shape index (κ3) is 3.46. The van der Waals surface area contributed by atoms with E-state index in [0.29, 0.717) is 0 Å². The lowest BCUT2D eigenvalue weighted by atomic mass is 9.78. The quantitative estimate of drug-likeness (QED) is 0.787. The first kappa shape index (κ1) is 13.5. The highest BCUT2D eigenvalue weighted by molar-refractivity contribution is 5.73. The minimum atomic E-state index is -0.330. The van der Waals surface area contributed by atoms with E-state index >= 15 is 0 Å². The second-order valence-electron chi connectivity index (χ2n) is 4.59. The van der Waals surface area contributed by atoms with E-state index in [0.717, 1.165) is 0 Å². The maximum absolute atomic E-state index is 11.4. The maximum atomic E-state index is 11.4.